The summed E-state index contributed by atoms with van der Waals surface area (Å²) in [6.07, 6.45) is 0. The Morgan fingerprint density at radius 3 is 2.44 bits per heavy atom. The number of hydrogen-bond donors (Lipinski definition) is 0. The van der Waals surface area contributed by atoms with Gasteiger partial charge in [-0.05, 0) is 45.0 Å². The maximum Gasteiger partial charge on any atom is 0.236 e. The highest BCUT2D eigenvalue weighted by atomic mass is 16.2. The number of hydrogen-bond acceptors (Lipinski definition) is 5. The predicted octanol–water partition coefficient (Wildman–Crippen LogP) is 1.52. The van der Waals surface area contributed by atoms with Crippen LogP contribution in [0.15, 0.2) is 18.2 Å². The monoisotopic (exact) mass is 370 g/mol. The van der Waals surface area contributed by atoms with Crippen LogP contribution in [0.3, 0.4) is 0 Å². The van der Waals surface area contributed by atoms with Gasteiger partial charge in [0.05, 0.1) is 13.1 Å². The highest BCUT2D eigenvalue weighted by molar-refractivity contribution is 5.78. The fourth-order valence-corrected chi connectivity index (χ4v) is 3.49. The molecule has 1 amide bonds. The number of aromatic nitrogens is 3. The number of carbonyl (C=O) groups is 1. The van der Waals surface area contributed by atoms with Crippen LogP contribution in [0.1, 0.15) is 22.8 Å². The summed E-state index contributed by atoms with van der Waals surface area (Å²) in [5.41, 5.74) is 3.93. The van der Waals surface area contributed by atoms with Gasteiger partial charge in [0, 0.05) is 38.9 Å². The molecule has 0 unspecified atom stereocenters. The molecule has 3 rings (SSSR count). The van der Waals surface area contributed by atoms with Gasteiger partial charge in [-0.1, -0.05) is 12.1 Å². The SMILES string of the molecule is Cc1cccc(N2CCN(C(=O)CN(C)Cc3nnc(C)n3C)CC2)c1C. The van der Waals surface area contributed by atoms with Crippen LogP contribution in [0, 0.1) is 20.8 Å². The van der Waals surface area contributed by atoms with E-state index in [9.17, 15) is 4.79 Å². The van der Waals surface area contributed by atoms with Crippen LogP contribution in [-0.2, 0) is 18.4 Å². The minimum atomic E-state index is 0.178. The maximum atomic E-state index is 12.7. The van der Waals surface area contributed by atoms with Gasteiger partial charge in [0.15, 0.2) is 0 Å². The first kappa shape index (κ1) is 19.4. The Labute approximate surface area is 161 Å². The van der Waals surface area contributed by atoms with E-state index in [1.807, 2.05) is 35.4 Å². The maximum absolute atomic E-state index is 12.7. The molecule has 1 aliphatic heterocycles. The molecule has 27 heavy (non-hydrogen) atoms. The number of aryl methyl sites for hydroxylation is 2. The molecule has 146 valence electrons. The van der Waals surface area contributed by atoms with Crippen molar-refractivity contribution in [1.29, 1.82) is 0 Å². The Kier molecular flexibility index (Phi) is 5.79. The molecule has 2 heterocycles. The first-order valence-electron chi connectivity index (χ1n) is 9.49. The number of anilines is 1. The first-order chi connectivity index (χ1) is 12.9. The zero-order valence-electron chi connectivity index (χ0n) is 17.1. The average Bonchev–Trinajstić information content (AvgIpc) is 2.96. The fourth-order valence-electron chi connectivity index (χ4n) is 3.49. The van der Waals surface area contributed by atoms with Gasteiger partial charge in [0.2, 0.25) is 5.91 Å². The van der Waals surface area contributed by atoms with Crippen LogP contribution < -0.4 is 4.90 Å². The van der Waals surface area contributed by atoms with Crippen LogP contribution >= 0.6 is 0 Å². The molecule has 7 heteroatoms. The van der Waals surface area contributed by atoms with E-state index >= 15 is 0 Å². The molecule has 1 aromatic carbocycles. The quantitative estimate of drug-likeness (QED) is 0.799. The molecule has 0 spiro atoms. The van der Waals surface area contributed by atoms with Crippen molar-refractivity contribution in [1.82, 2.24) is 24.6 Å². The third-order valence-corrected chi connectivity index (χ3v) is 5.55. The van der Waals surface area contributed by atoms with E-state index in [0.29, 0.717) is 13.1 Å². The van der Waals surface area contributed by atoms with Crippen molar-refractivity contribution in [2.45, 2.75) is 27.3 Å². The summed E-state index contributed by atoms with van der Waals surface area (Å²) in [6.45, 7) is 10.5. The lowest BCUT2D eigenvalue weighted by atomic mass is 10.1. The van der Waals surface area contributed by atoms with Crippen molar-refractivity contribution in [2.24, 2.45) is 7.05 Å². The highest BCUT2D eigenvalue weighted by Gasteiger charge is 2.23. The Hall–Kier alpha value is -2.41. The zero-order valence-corrected chi connectivity index (χ0v) is 17.1. The smallest absolute Gasteiger partial charge is 0.236 e. The van der Waals surface area contributed by atoms with E-state index in [1.54, 1.807) is 0 Å². The van der Waals surface area contributed by atoms with E-state index in [-0.39, 0.29) is 5.91 Å². The Balaban J connectivity index is 1.52. The van der Waals surface area contributed by atoms with Crippen molar-refractivity contribution < 1.29 is 4.79 Å². The molecule has 0 aliphatic carbocycles. The van der Waals surface area contributed by atoms with Crippen molar-refractivity contribution in [3.63, 3.8) is 0 Å². The van der Waals surface area contributed by atoms with Gasteiger partial charge in [0.25, 0.3) is 0 Å². The summed E-state index contributed by atoms with van der Waals surface area (Å²) in [4.78, 5) is 19.0. The topological polar surface area (TPSA) is 57.5 Å². The van der Waals surface area contributed by atoms with E-state index in [1.165, 1.54) is 16.8 Å². The number of piperazine rings is 1. The summed E-state index contributed by atoms with van der Waals surface area (Å²) >= 11 is 0. The van der Waals surface area contributed by atoms with E-state index in [2.05, 4.69) is 47.1 Å². The first-order valence-corrected chi connectivity index (χ1v) is 9.49. The second-order valence-corrected chi connectivity index (χ2v) is 7.48. The molecular formula is C20H30N6O. The molecular weight excluding hydrogens is 340 g/mol. The molecule has 2 aromatic rings. The predicted molar refractivity (Wildman–Crippen MR) is 107 cm³/mol. The van der Waals surface area contributed by atoms with Crippen molar-refractivity contribution in [3.05, 3.63) is 41.0 Å². The van der Waals surface area contributed by atoms with Gasteiger partial charge in [-0.15, -0.1) is 10.2 Å². The van der Waals surface area contributed by atoms with Crippen molar-refractivity contribution >= 4 is 11.6 Å². The zero-order chi connectivity index (χ0) is 19.6. The average molecular weight is 371 g/mol. The van der Waals surface area contributed by atoms with E-state index < -0.39 is 0 Å². The fraction of sp³-hybridized carbons (Fsp3) is 0.550. The third-order valence-electron chi connectivity index (χ3n) is 5.55. The van der Waals surface area contributed by atoms with Gasteiger partial charge < -0.3 is 14.4 Å². The van der Waals surface area contributed by atoms with Crippen LogP contribution in [0.5, 0.6) is 0 Å². The summed E-state index contributed by atoms with van der Waals surface area (Å²) in [6, 6.07) is 6.43. The molecule has 0 N–H and O–H groups in total. The van der Waals surface area contributed by atoms with Gasteiger partial charge in [-0.25, -0.2) is 0 Å². The summed E-state index contributed by atoms with van der Waals surface area (Å²) < 4.78 is 1.96. The molecule has 1 fully saturated rings. The molecule has 0 atom stereocenters. The van der Waals surface area contributed by atoms with Crippen LogP contribution in [0.2, 0.25) is 0 Å². The largest absolute Gasteiger partial charge is 0.368 e. The molecule has 7 nitrogen and oxygen atoms in total. The van der Waals surface area contributed by atoms with Gasteiger partial charge in [0.1, 0.15) is 11.6 Å². The molecule has 0 bridgehead atoms. The Bertz CT molecular complexity index is 807. The normalized spacial score (nSPS) is 14.9. The lowest BCUT2D eigenvalue weighted by Crippen LogP contribution is -2.51. The van der Waals surface area contributed by atoms with Gasteiger partial charge >= 0.3 is 0 Å². The number of nitrogens with zero attached hydrogens (tertiary/aromatic N) is 6. The van der Waals surface area contributed by atoms with Gasteiger partial charge in [-0.3, -0.25) is 9.69 Å². The van der Waals surface area contributed by atoms with Crippen LogP contribution in [-0.4, -0.2) is 70.2 Å². The van der Waals surface area contributed by atoms with Crippen LogP contribution in [0.4, 0.5) is 5.69 Å². The van der Waals surface area contributed by atoms with Crippen LogP contribution in [0.25, 0.3) is 0 Å². The number of rotatable bonds is 5. The number of benzene rings is 1. The van der Waals surface area contributed by atoms with Crippen molar-refractivity contribution in [3.8, 4) is 0 Å². The lowest BCUT2D eigenvalue weighted by molar-refractivity contribution is -0.132. The third kappa shape index (κ3) is 4.30. The Morgan fingerprint density at radius 1 is 1.11 bits per heavy atom. The molecule has 0 saturated carbocycles. The standard InChI is InChI=1S/C20H30N6O/c1-15-7-6-8-18(16(15)2)25-9-11-26(12-10-25)20(27)14-23(4)13-19-22-21-17(3)24(19)5/h6-8H,9-14H2,1-5H3. The summed E-state index contributed by atoms with van der Waals surface area (Å²) in [7, 11) is 3.90. The number of carbonyl (C=O) groups excluding carboxylic acids is 1. The minimum absolute atomic E-state index is 0.178. The summed E-state index contributed by atoms with van der Waals surface area (Å²) in [5.74, 6) is 1.94. The van der Waals surface area contributed by atoms with Crippen molar-refractivity contribution in [2.75, 3.05) is 44.7 Å². The van der Waals surface area contributed by atoms with E-state index in [0.717, 1.165) is 37.8 Å². The minimum Gasteiger partial charge on any atom is -0.368 e. The summed E-state index contributed by atoms with van der Waals surface area (Å²) in [5, 5.41) is 8.25. The highest BCUT2D eigenvalue weighted by Crippen LogP contribution is 2.23. The molecule has 1 aromatic heterocycles. The second-order valence-electron chi connectivity index (χ2n) is 7.48. The number of likely N-dealkylation sites (N-methyl/N-ethyl adjacent to an activating group) is 1. The van der Waals surface area contributed by atoms with Gasteiger partial charge in [-0.2, -0.15) is 0 Å². The number of amides is 1. The second kappa shape index (κ2) is 8.08. The molecule has 1 aliphatic rings. The lowest BCUT2D eigenvalue weighted by Gasteiger charge is -2.37. The molecule has 1 saturated heterocycles. The van der Waals surface area contributed by atoms with E-state index in [4.69, 9.17) is 0 Å². The Morgan fingerprint density at radius 2 is 1.81 bits per heavy atom. The molecule has 0 radical (unpaired) electrons.